The first-order valence-electron chi connectivity index (χ1n) is 14.1. The van der Waals surface area contributed by atoms with Gasteiger partial charge in [-0.25, -0.2) is 9.48 Å². The standard InChI is InChI=1S/C30H26N4O12.CO2/c1-13-5-14-6-18(35)19(36)7-16(14)27(41)24(13)17-12-45-21-8-20(37)29(43)26(25(21)28(17)42)30(44)46-11-15-9-34(33-32-15)10-22(38)31-4-2-3-23(39)40;2-1-3/h6-9,12,35-37,43H,2-5,10-11H2,1H3,(H,31,38)(H,39,40);. The zero-order valence-electron chi connectivity index (χ0n) is 25.4. The molecule has 2 aromatic carbocycles. The molecule has 0 spiro atoms. The topological polar surface area (TPSA) is 286 Å². The number of Topliss-reactive ketones (excluding diaryl/α,β-unsaturated/α-hetero) is 1. The van der Waals surface area contributed by atoms with E-state index in [0.29, 0.717) is 11.1 Å². The van der Waals surface area contributed by atoms with Gasteiger partial charge in [0.15, 0.2) is 28.8 Å². The molecule has 0 bridgehead atoms. The molecule has 6 N–H and O–H groups in total. The molecule has 2 aromatic heterocycles. The van der Waals surface area contributed by atoms with Crippen molar-refractivity contribution in [1.29, 1.82) is 0 Å². The second-order valence-electron chi connectivity index (χ2n) is 10.5. The van der Waals surface area contributed by atoms with Gasteiger partial charge < -0.3 is 40.0 Å². The maximum absolute atomic E-state index is 13.8. The number of hydrogen-bond acceptors (Lipinski definition) is 15. The molecule has 5 rings (SSSR count). The van der Waals surface area contributed by atoms with E-state index in [9.17, 15) is 44.4 Å². The number of amides is 1. The minimum Gasteiger partial charge on any atom is -0.504 e. The number of benzene rings is 2. The predicted octanol–water partition coefficient (Wildman–Crippen LogP) is 1.17. The van der Waals surface area contributed by atoms with Crippen LogP contribution in [0, 0.1) is 0 Å². The Bertz CT molecular complexity index is 2120. The summed E-state index contributed by atoms with van der Waals surface area (Å²) < 4.78 is 11.9. The Labute approximate surface area is 273 Å². The molecular weight excluding hydrogens is 652 g/mol. The summed E-state index contributed by atoms with van der Waals surface area (Å²) in [7, 11) is 0. The van der Waals surface area contributed by atoms with E-state index < -0.39 is 69.6 Å². The van der Waals surface area contributed by atoms with Crippen molar-refractivity contribution in [3.05, 3.63) is 74.4 Å². The van der Waals surface area contributed by atoms with Crippen LogP contribution in [0.4, 0.5) is 0 Å². The van der Waals surface area contributed by atoms with Gasteiger partial charge in [0.25, 0.3) is 0 Å². The lowest BCUT2D eigenvalue weighted by atomic mass is 9.82. The van der Waals surface area contributed by atoms with Crippen LogP contribution in [-0.4, -0.2) is 76.9 Å². The fraction of sp³-hybridized carbons (Fsp3) is 0.226. The molecule has 49 heavy (non-hydrogen) atoms. The largest absolute Gasteiger partial charge is 0.504 e. The number of esters is 1. The van der Waals surface area contributed by atoms with Crippen molar-refractivity contribution < 1.29 is 63.5 Å². The number of aromatic hydroxyl groups is 4. The zero-order chi connectivity index (χ0) is 36.0. The van der Waals surface area contributed by atoms with Crippen LogP contribution < -0.4 is 10.7 Å². The molecule has 1 aliphatic carbocycles. The fourth-order valence-corrected chi connectivity index (χ4v) is 5.03. The molecule has 0 aliphatic heterocycles. The molecule has 0 atom stereocenters. The third-order valence-electron chi connectivity index (χ3n) is 7.18. The van der Waals surface area contributed by atoms with Crippen LogP contribution in [0.5, 0.6) is 23.0 Å². The van der Waals surface area contributed by atoms with Crippen molar-refractivity contribution in [3.8, 4) is 23.0 Å². The number of carbonyl (C=O) groups is 4. The number of phenols is 4. The number of allylic oxidation sites excluding steroid dienone is 2. The number of hydrogen-bond donors (Lipinski definition) is 6. The van der Waals surface area contributed by atoms with E-state index in [1.54, 1.807) is 6.92 Å². The highest BCUT2D eigenvalue weighted by Crippen LogP contribution is 2.39. The van der Waals surface area contributed by atoms with Gasteiger partial charge in [0.2, 0.25) is 11.3 Å². The number of carbonyl (C=O) groups excluding carboxylic acids is 5. The maximum Gasteiger partial charge on any atom is 0.373 e. The van der Waals surface area contributed by atoms with Crippen LogP contribution in [0.15, 0.2) is 45.4 Å². The highest BCUT2D eigenvalue weighted by atomic mass is 16.5. The zero-order valence-corrected chi connectivity index (χ0v) is 25.4. The highest BCUT2D eigenvalue weighted by molar-refractivity contribution is 6.31. The Morgan fingerprint density at radius 3 is 2.43 bits per heavy atom. The Balaban J connectivity index is 0.00000174. The SMILES string of the molecule is CC1=C(c2coc3cc(O)c(O)c(C(=O)OCc4cn(CC(=O)NCCCC(=O)O)nn4)c3c2=O)C(=O)c2cc(O)c(O)cc2C1.O=C=O. The van der Waals surface area contributed by atoms with E-state index in [0.717, 1.165) is 23.1 Å². The molecule has 254 valence electrons. The van der Waals surface area contributed by atoms with Gasteiger partial charge in [-0.3, -0.25) is 19.2 Å². The summed E-state index contributed by atoms with van der Waals surface area (Å²) in [6.45, 7) is 0.961. The molecule has 0 fully saturated rings. The van der Waals surface area contributed by atoms with Gasteiger partial charge in [0, 0.05) is 30.2 Å². The third-order valence-corrected chi connectivity index (χ3v) is 7.18. The molecule has 18 nitrogen and oxygen atoms in total. The van der Waals surface area contributed by atoms with Crippen LogP contribution in [0.3, 0.4) is 0 Å². The lowest BCUT2D eigenvalue weighted by Crippen LogP contribution is -2.28. The lowest BCUT2D eigenvalue weighted by molar-refractivity contribution is -0.191. The smallest absolute Gasteiger partial charge is 0.373 e. The monoisotopic (exact) mass is 678 g/mol. The minimum atomic E-state index is -1.25. The number of ether oxygens (including phenoxy) is 1. The van der Waals surface area contributed by atoms with E-state index in [1.807, 2.05) is 0 Å². The molecule has 0 saturated heterocycles. The predicted molar refractivity (Wildman–Crippen MR) is 160 cm³/mol. The van der Waals surface area contributed by atoms with Gasteiger partial charge in [0.1, 0.15) is 36.3 Å². The molecule has 0 saturated carbocycles. The summed E-state index contributed by atoms with van der Waals surface area (Å²) in [6.07, 6.45) is 2.82. The Kier molecular flexibility index (Phi) is 10.5. The summed E-state index contributed by atoms with van der Waals surface area (Å²) in [5, 5.41) is 59.0. The molecule has 2 heterocycles. The number of nitrogens with zero attached hydrogens (tertiary/aromatic N) is 3. The van der Waals surface area contributed by atoms with Crippen LogP contribution in [0.1, 0.15) is 57.3 Å². The molecule has 0 radical (unpaired) electrons. The van der Waals surface area contributed by atoms with Gasteiger partial charge in [-0.05, 0) is 37.5 Å². The number of aromatic nitrogens is 3. The van der Waals surface area contributed by atoms with Crippen molar-refractivity contribution in [2.45, 2.75) is 39.3 Å². The Morgan fingerprint density at radius 2 is 1.73 bits per heavy atom. The molecule has 18 heteroatoms. The number of carboxylic acids is 1. The Morgan fingerprint density at radius 1 is 1.04 bits per heavy atom. The van der Waals surface area contributed by atoms with E-state index in [-0.39, 0.29) is 66.5 Å². The number of fused-ring (bicyclic) bond motifs is 2. The quantitative estimate of drug-likeness (QED) is 0.0779. The van der Waals surface area contributed by atoms with Gasteiger partial charge in [-0.2, -0.15) is 9.59 Å². The molecule has 1 aliphatic rings. The highest BCUT2D eigenvalue weighted by Gasteiger charge is 2.31. The van der Waals surface area contributed by atoms with Crippen LogP contribution in [-0.2, 0) is 43.5 Å². The normalized spacial score (nSPS) is 12.1. The molecule has 1 amide bonds. The summed E-state index contributed by atoms with van der Waals surface area (Å²) in [5.41, 5.74) is -1.25. The van der Waals surface area contributed by atoms with Crippen molar-refractivity contribution in [2.75, 3.05) is 6.54 Å². The van der Waals surface area contributed by atoms with Crippen molar-refractivity contribution in [3.63, 3.8) is 0 Å². The number of carboxylic acid groups (broad SMARTS) is 1. The molecule has 4 aromatic rings. The first-order valence-corrected chi connectivity index (χ1v) is 14.1. The van der Waals surface area contributed by atoms with Crippen molar-refractivity contribution in [1.82, 2.24) is 20.3 Å². The molecule has 0 unspecified atom stereocenters. The molecular formula is C31H26N4O14. The second kappa shape index (κ2) is 14.7. The van der Waals surface area contributed by atoms with Crippen LogP contribution in [0.2, 0.25) is 0 Å². The summed E-state index contributed by atoms with van der Waals surface area (Å²) in [6, 6.07) is 3.25. The third kappa shape index (κ3) is 7.61. The average molecular weight is 679 g/mol. The van der Waals surface area contributed by atoms with Crippen LogP contribution >= 0.6 is 0 Å². The van der Waals surface area contributed by atoms with Crippen molar-refractivity contribution in [2.24, 2.45) is 0 Å². The fourth-order valence-electron chi connectivity index (χ4n) is 5.03. The van der Waals surface area contributed by atoms with Gasteiger partial charge in [-0.15, -0.1) is 5.10 Å². The summed E-state index contributed by atoms with van der Waals surface area (Å²) in [4.78, 5) is 79.4. The van der Waals surface area contributed by atoms with Gasteiger partial charge in [-0.1, -0.05) is 10.8 Å². The second-order valence-corrected chi connectivity index (χ2v) is 10.5. The first kappa shape index (κ1) is 35.1. The van der Waals surface area contributed by atoms with Gasteiger partial charge in [0.05, 0.1) is 17.1 Å². The number of ketones is 1. The van der Waals surface area contributed by atoms with E-state index in [1.165, 1.54) is 12.3 Å². The number of phenolic OH excluding ortho intramolecular Hbond substituents is 4. The van der Waals surface area contributed by atoms with E-state index in [2.05, 4.69) is 15.6 Å². The van der Waals surface area contributed by atoms with E-state index >= 15 is 0 Å². The summed E-state index contributed by atoms with van der Waals surface area (Å²) in [5.74, 6) is -6.05. The van der Waals surface area contributed by atoms with Crippen molar-refractivity contribution >= 4 is 46.3 Å². The first-order chi connectivity index (χ1) is 23.3. The summed E-state index contributed by atoms with van der Waals surface area (Å²) >= 11 is 0. The van der Waals surface area contributed by atoms with Crippen LogP contribution in [0.25, 0.3) is 16.5 Å². The maximum atomic E-state index is 13.8. The van der Waals surface area contributed by atoms with Gasteiger partial charge >= 0.3 is 18.1 Å². The minimum absolute atomic E-state index is 0.0484. The average Bonchev–Trinajstić information content (AvgIpc) is 3.48. The number of nitrogens with one attached hydrogen (secondary N) is 1. The number of rotatable bonds is 10. The van der Waals surface area contributed by atoms with E-state index in [4.69, 9.17) is 23.8 Å². The lowest BCUT2D eigenvalue weighted by Gasteiger charge is -2.20. The Hall–Kier alpha value is -6.81. The number of aliphatic carboxylic acids is 1.